The van der Waals surface area contributed by atoms with Gasteiger partial charge >= 0.3 is 12.1 Å². The molecule has 0 aromatic carbocycles. The molecule has 0 fully saturated rings. The van der Waals surface area contributed by atoms with E-state index in [0.29, 0.717) is 6.42 Å². The minimum atomic E-state index is -4.35. The Kier molecular flexibility index (Phi) is 10.5. The van der Waals surface area contributed by atoms with Gasteiger partial charge in [-0.1, -0.05) is 58.8 Å². The largest absolute Gasteiger partial charge is 0.466 e. The standard InChI is InChI=1S/C16H29F3O2/c1-4-6-7-8-9-10-11-12-14(15(20)21-5-2)13(3)16(17,18)19/h13-14H,4-12H2,1-3H3. The van der Waals surface area contributed by atoms with Crippen LogP contribution in [0.25, 0.3) is 0 Å². The van der Waals surface area contributed by atoms with E-state index < -0.39 is 24.0 Å². The summed E-state index contributed by atoms with van der Waals surface area (Å²) in [7, 11) is 0. The van der Waals surface area contributed by atoms with Crippen molar-refractivity contribution in [3.05, 3.63) is 0 Å². The first-order chi connectivity index (χ1) is 9.84. The second-order valence-corrected chi connectivity index (χ2v) is 5.60. The number of unbranched alkanes of at least 4 members (excludes halogenated alkanes) is 6. The average molecular weight is 310 g/mol. The van der Waals surface area contributed by atoms with Gasteiger partial charge < -0.3 is 4.74 Å². The fourth-order valence-electron chi connectivity index (χ4n) is 2.37. The zero-order chi connectivity index (χ0) is 16.3. The van der Waals surface area contributed by atoms with Crippen molar-refractivity contribution in [2.45, 2.75) is 78.3 Å². The molecule has 0 radical (unpaired) electrons. The van der Waals surface area contributed by atoms with Crippen molar-refractivity contribution in [2.24, 2.45) is 11.8 Å². The molecule has 126 valence electrons. The summed E-state index contributed by atoms with van der Waals surface area (Å²) in [5, 5.41) is 0. The van der Waals surface area contributed by atoms with E-state index in [9.17, 15) is 18.0 Å². The molecule has 0 aliphatic carbocycles. The van der Waals surface area contributed by atoms with Gasteiger partial charge in [0.1, 0.15) is 0 Å². The SMILES string of the molecule is CCCCCCCCCC(C(=O)OCC)C(C)C(F)(F)F. The third kappa shape index (κ3) is 8.99. The lowest BCUT2D eigenvalue weighted by molar-refractivity contribution is -0.194. The summed E-state index contributed by atoms with van der Waals surface area (Å²) in [6.45, 7) is 4.95. The molecule has 0 aliphatic heterocycles. The lowest BCUT2D eigenvalue weighted by Gasteiger charge is -2.24. The quantitative estimate of drug-likeness (QED) is 0.372. The van der Waals surface area contributed by atoms with E-state index in [4.69, 9.17) is 4.74 Å². The maximum Gasteiger partial charge on any atom is 0.392 e. The number of esters is 1. The van der Waals surface area contributed by atoms with Crippen molar-refractivity contribution >= 4 is 5.97 Å². The van der Waals surface area contributed by atoms with Crippen LogP contribution in [0.3, 0.4) is 0 Å². The highest BCUT2D eigenvalue weighted by atomic mass is 19.4. The van der Waals surface area contributed by atoms with Gasteiger partial charge in [-0.2, -0.15) is 13.2 Å². The third-order valence-corrected chi connectivity index (χ3v) is 3.83. The molecule has 0 heterocycles. The Morgan fingerprint density at radius 1 is 1.00 bits per heavy atom. The summed E-state index contributed by atoms with van der Waals surface area (Å²) in [6.07, 6.45) is 3.14. The van der Waals surface area contributed by atoms with E-state index in [-0.39, 0.29) is 13.0 Å². The molecule has 0 aromatic heterocycles. The van der Waals surface area contributed by atoms with E-state index >= 15 is 0 Å². The van der Waals surface area contributed by atoms with Crippen LogP contribution in [0.4, 0.5) is 13.2 Å². The molecule has 0 spiro atoms. The highest BCUT2D eigenvalue weighted by Crippen LogP contribution is 2.35. The van der Waals surface area contributed by atoms with E-state index in [1.54, 1.807) is 6.92 Å². The molecular weight excluding hydrogens is 281 g/mol. The maximum atomic E-state index is 12.8. The first kappa shape index (κ1) is 20.3. The minimum Gasteiger partial charge on any atom is -0.466 e. The summed E-state index contributed by atoms with van der Waals surface area (Å²) >= 11 is 0. The molecule has 5 heteroatoms. The molecule has 2 atom stereocenters. The molecule has 0 saturated heterocycles. The van der Waals surface area contributed by atoms with Crippen molar-refractivity contribution in [3.8, 4) is 0 Å². The van der Waals surface area contributed by atoms with Gasteiger partial charge in [-0.15, -0.1) is 0 Å². The van der Waals surface area contributed by atoms with E-state index in [1.165, 1.54) is 19.3 Å². The van der Waals surface area contributed by atoms with Crippen LogP contribution in [-0.2, 0) is 9.53 Å². The topological polar surface area (TPSA) is 26.3 Å². The number of rotatable bonds is 11. The first-order valence-electron chi connectivity index (χ1n) is 8.07. The van der Waals surface area contributed by atoms with E-state index in [1.807, 2.05) is 0 Å². The van der Waals surface area contributed by atoms with Gasteiger partial charge in [0.2, 0.25) is 0 Å². The van der Waals surface area contributed by atoms with Gasteiger partial charge in [0, 0.05) is 0 Å². The predicted octanol–water partition coefficient (Wildman–Crippen LogP) is 5.50. The normalized spacial score (nSPS) is 14.8. The lowest BCUT2D eigenvalue weighted by Crippen LogP contribution is -2.34. The van der Waals surface area contributed by atoms with Gasteiger partial charge in [-0.3, -0.25) is 4.79 Å². The Labute approximate surface area is 126 Å². The highest BCUT2D eigenvalue weighted by molar-refractivity contribution is 5.72. The van der Waals surface area contributed by atoms with Gasteiger partial charge in [-0.05, 0) is 13.3 Å². The van der Waals surface area contributed by atoms with Crippen LogP contribution in [0.5, 0.6) is 0 Å². The fourth-order valence-corrected chi connectivity index (χ4v) is 2.37. The predicted molar refractivity (Wildman–Crippen MR) is 78.0 cm³/mol. The van der Waals surface area contributed by atoms with Crippen LogP contribution in [-0.4, -0.2) is 18.8 Å². The molecule has 0 N–H and O–H groups in total. The number of halogens is 3. The average Bonchev–Trinajstić information content (AvgIpc) is 2.40. The van der Waals surface area contributed by atoms with Crippen LogP contribution in [0.2, 0.25) is 0 Å². The van der Waals surface area contributed by atoms with E-state index in [0.717, 1.165) is 26.2 Å². The van der Waals surface area contributed by atoms with Crippen molar-refractivity contribution in [1.82, 2.24) is 0 Å². The number of carbonyl (C=O) groups excluding carboxylic acids is 1. The minimum absolute atomic E-state index is 0.122. The number of hydrogen-bond acceptors (Lipinski definition) is 2. The summed E-state index contributed by atoms with van der Waals surface area (Å²) in [4.78, 5) is 11.7. The number of ether oxygens (including phenoxy) is 1. The molecule has 0 rings (SSSR count). The summed E-state index contributed by atoms with van der Waals surface area (Å²) in [5.74, 6) is -3.43. The second kappa shape index (κ2) is 10.9. The van der Waals surface area contributed by atoms with Crippen LogP contribution >= 0.6 is 0 Å². The molecule has 2 unspecified atom stereocenters. The molecule has 0 aromatic rings. The molecule has 2 nitrogen and oxygen atoms in total. The monoisotopic (exact) mass is 310 g/mol. The Morgan fingerprint density at radius 2 is 1.52 bits per heavy atom. The van der Waals surface area contributed by atoms with Gasteiger partial charge in [0.05, 0.1) is 18.4 Å². The van der Waals surface area contributed by atoms with Crippen molar-refractivity contribution in [2.75, 3.05) is 6.61 Å². The van der Waals surface area contributed by atoms with E-state index in [2.05, 4.69) is 6.92 Å². The summed E-state index contributed by atoms with van der Waals surface area (Å²) in [5.41, 5.74) is 0. The van der Waals surface area contributed by atoms with Crippen LogP contribution in [0.1, 0.15) is 72.1 Å². The zero-order valence-electron chi connectivity index (χ0n) is 13.5. The zero-order valence-corrected chi connectivity index (χ0v) is 13.5. The van der Waals surface area contributed by atoms with Crippen molar-refractivity contribution < 1.29 is 22.7 Å². The summed E-state index contributed by atoms with van der Waals surface area (Å²) < 4.78 is 43.2. The number of hydrogen-bond donors (Lipinski definition) is 0. The fraction of sp³-hybridized carbons (Fsp3) is 0.938. The third-order valence-electron chi connectivity index (χ3n) is 3.83. The molecule has 0 amide bonds. The molecule has 0 aliphatic rings. The second-order valence-electron chi connectivity index (χ2n) is 5.60. The van der Waals surface area contributed by atoms with Gasteiger partial charge in [0.15, 0.2) is 0 Å². The Hall–Kier alpha value is -0.740. The van der Waals surface area contributed by atoms with Gasteiger partial charge in [-0.25, -0.2) is 0 Å². The van der Waals surface area contributed by atoms with Gasteiger partial charge in [0.25, 0.3) is 0 Å². The Balaban J connectivity index is 4.21. The Bertz CT molecular complexity index is 277. The highest BCUT2D eigenvalue weighted by Gasteiger charge is 2.44. The van der Waals surface area contributed by atoms with Crippen LogP contribution in [0.15, 0.2) is 0 Å². The Morgan fingerprint density at radius 3 is 2.00 bits per heavy atom. The summed E-state index contributed by atoms with van der Waals surface area (Å²) in [6, 6.07) is 0. The van der Waals surface area contributed by atoms with Crippen LogP contribution in [0, 0.1) is 11.8 Å². The smallest absolute Gasteiger partial charge is 0.392 e. The molecule has 0 saturated carbocycles. The molecule has 21 heavy (non-hydrogen) atoms. The lowest BCUT2D eigenvalue weighted by atomic mass is 9.88. The molecule has 0 bridgehead atoms. The van der Waals surface area contributed by atoms with Crippen LogP contribution < -0.4 is 0 Å². The first-order valence-corrected chi connectivity index (χ1v) is 8.07. The number of alkyl halides is 3. The maximum absolute atomic E-state index is 12.8. The molecular formula is C16H29F3O2. The van der Waals surface area contributed by atoms with Crippen molar-refractivity contribution in [1.29, 1.82) is 0 Å². The van der Waals surface area contributed by atoms with Crippen molar-refractivity contribution in [3.63, 3.8) is 0 Å². The number of carbonyl (C=O) groups is 1.